The Morgan fingerprint density at radius 1 is 1.31 bits per heavy atom. The van der Waals surface area contributed by atoms with E-state index < -0.39 is 15.9 Å². The number of hydrogen-bond donors (Lipinski definition) is 1. The van der Waals surface area contributed by atoms with Crippen LogP contribution in [0, 0.1) is 12.8 Å². The van der Waals surface area contributed by atoms with Crippen LogP contribution in [0.4, 0.5) is 5.69 Å². The number of nitrogens with zero attached hydrogens (tertiary/aromatic N) is 4. The smallest absolute Gasteiger partial charge is 0.244 e. The number of carbonyl (C=O) groups is 1. The first-order valence-corrected chi connectivity index (χ1v) is 12.8. The van der Waals surface area contributed by atoms with Crippen molar-refractivity contribution in [3.05, 3.63) is 41.4 Å². The molecule has 3 aromatic rings. The van der Waals surface area contributed by atoms with Gasteiger partial charge < -0.3 is 9.84 Å². The summed E-state index contributed by atoms with van der Waals surface area (Å²) >= 11 is 1.34. The van der Waals surface area contributed by atoms with Crippen LogP contribution in [0.25, 0.3) is 10.7 Å². The van der Waals surface area contributed by atoms with E-state index in [0.717, 1.165) is 12.8 Å². The number of anilines is 1. The lowest BCUT2D eigenvalue weighted by Crippen LogP contribution is -2.43. The van der Waals surface area contributed by atoms with E-state index in [-0.39, 0.29) is 17.3 Å². The van der Waals surface area contributed by atoms with Gasteiger partial charge in [0.05, 0.1) is 27.6 Å². The molecule has 2 aliphatic rings. The van der Waals surface area contributed by atoms with Crippen LogP contribution in [-0.2, 0) is 14.8 Å². The van der Waals surface area contributed by atoms with Crippen molar-refractivity contribution >= 4 is 33.0 Å². The lowest BCUT2D eigenvalue weighted by molar-refractivity contribution is -0.120. The molecular formula is C21H23N5O4S2. The van der Waals surface area contributed by atoms with Crippen molar-refractivity contribution in [3.63, 3.8) is 0 Å². The van der Waals surface area contributed by atoms with Gasteiger partial charge in [-0.15, -0.1) is 11.3 Å². The molecule has 11 heteroatoms. The minimum Gasteiger partial charge on any atom is -0.339 e. The lowest BCUT2D eigenvalue weighted by atomic mass is 9.99. The van der Waals surface area contributed by atoms with E-state index in [0.29, 0.717) is 52.5 Å². The molecule has 0 spiro atoms. The summed E-state index contributed by atoms with van der Waals surface area (Å²) in [6.07, 6.45) is 6.56. The van der Waals surface area contributed by atoms with Crippen molar-refractivity contribution in [2.24, 2.45) is 5.92 Å². The van der Waals surface area contributed by atoms with Crippen LogP contribution in [0.3, 0.4) is 0 Å². The van der Waals surface area contributed by atoms with Crippen LogP contribution in [0.1, 0.15) is 42.4 Å². The highest BCUT2D eigenvalue weighted by Gasteiger charge is 2.35. The zero-order valence-corrected chi connectivity index (χ0v) is 19.2. The number of carbonyl (C=O) groups excluding carboxylic acids is 1. The summed E-state index contributed by atoms with van der Waals surface area (Å²) in [6, 6.07) is 5.11. The van der Waals surface area contributed by atoms with E-state index in [9.17, 15) is 13.2 Å². The molecule has 1 amide bonds. The first kappa shape index (κ1) is 21.2. The van der Waals surface area contributed by atoms with E-state index in [1.807, 2.05) is 0 Å². The average molecular weight is 474 g/mol. The number of aryl methyl sites for hydroxylation is 1. The molecule has 9 nitrogen and oxygen atoms in total. The predicted molar refractivity (Wildman–Crippen MR) is 119 cm³/mol. The summed E-state index contributed by atoms with van der Waals surface area (Å²) in [5.74, 6) is 0.766. The highest BCUT2D eigenvalue weighted by molar-refractivity contribution is 7.89. The molecule has 0 unspecified atom stereocenters. The molecule has 1 saturated carbocycles. The molecule has 1 N–H and O–H groups in total. The Morgan fingerprint density at radius 2 is 2.16 bits per heavy atom. The van der Waals surface area contributed by atoms with Crippen LogP contribution in [0.15, 0.2) is 40.0 Å². The zero-order chi connectivity index (χ0) is 22.3. The second kappa shape index (κ2) is 8.38. The summed E-state index contributed by atoms with van der Waals surface area (Å²) in [6.45, 7) is 2.31. The van der Waals surface area contributed by atoms with E-state index in [1.54, 1.807) is 37.5 Å². The first-order chi connectivity index (χ1) is 15.4. The van der Waals surface area contributed by atoms with Gasteiger partial charge in [-0.05, 0) is 50.8 Å². The van der Waals surface area contributed by atoms with Crippen molar-refractivity contribution in [3.8, 4) is 10.7 Å². The Kier molecular flexibility index (Phi) is 5.56. The Balaban J connectivity index is 1.33. The molecule has 1 saturated heterocycles. The first-order valence-electron chi connectivity index (χ1n) is 10.6. The average Bonchev–Trinajstić information content (AvgIpc) is 3.39. The number of hydrogen-bond acceptors (Lipinski definition) is 8. The van der Waals surface area contributed by atoms with Crippen LogP contribution in [0.5, 0.6) is 0 Å². The number of piperidine rings is 1. The molecule has 5 rings (SSSR count). The third-order valence-corrected chi connectivity index (χ3v) is 8.93. The Labute approximate surface area is 189 Å². The van der Waals surface area contributed by atoms with Gasteiger partial charge in [-0.1, -0.05) is 5.16 Å². The highest BCUT2D eigenvalue weighted by atomic mass is 32.2. The Hall–Kier alpha value is -2.63. The molecule has 168 valence electrons. The molecule has 1 aliphatic heterocycles. The van der Waals surface area contributed by atoms with E-state index in [2.05, 4.69) is 20.4 Å². The Bertz CT molecular complexity index is 1230. The SMILES string of the molecule is Cc1sc(-c2noc(C3CC3)n2)cc1S(=O)(=O)N1CCC[C@@H](C(=O)Nc2cccnc2)C1. The van der Waals surface area contributed by atoms with E-state index in [1.165, 1.54) is 15.6 Å². The largest absolute Gasteiger partial charge is 0.339 e. The number of thiophene rings is 1. The van der Waals surface area contributed by atoms with Gasteiger partial charge in [0.25, 0.3) is 0 Å². The normalized spacial score (nSPS) is 19.7. The maximum Gasteiger partial charge on any atom is 0.244 e. The van der Waals surface area contributed by atoms with Gasteiger partial charge in [-0.3, -0.25) is 9.78 Å². The van der Waals surface area contributed by atoms with Crippen molar-refractivity contribution in [2.45, 2.75) is 43.4 Å². The minimum absolute atomic E-state index is 0.146. The molecule has 0 aromatic carbocycles. The van der Waals surface area contributed by atoms with Gasteiger partial charge in [-0.2, -0.15) is 9.29 Å². The molecule has 3 aromatic heterocycles. The number of nitrogens with one attached hydrogen (secondary N) is 1. The van der Waals surface area contributed by atoms with Crippen LogP contribution in [-0.4, -0.2) is 46.8 Å². The van der Waals surface area contributed by atoms with E-state index in [4.69, 9.17) is 4.52 Å². The summed E-state index contributed by atoms with van der Waals surface area (Å²) in [4.78, 5) is 22.7. The maximum atomic E-state index is 13.4. The van der Waals surface area contributed by atoms with Gasteiger partial charge in [-0.25, -0.2) is 8.42 Å². The fourth-order valence-corrected chi connectivity index (χ4v) is 6.87. The van der Waals surface area contributed by atoms with Crippen molar-refractivity contribution in [1.29, 1.82) is 0 Å². The zero-order valence-electron chi connectivity index (χ0n) is 17.5. The van der Waals surface area contributed by atoms with Gasteiger partial charge >= 0.3 is 0 Å². The number of aromatic nitrogens is 3. The molecule has 0 radical (unpaired) electrons. The molecule has 1 atom stereocenters. The number of sulfonamides is 1. The predicted octanol–water partition coefficient (Wildman–Crippen LogP) is 3.42. The molecular weight excluding hydrogens is 450 g/mol. The summed E-state index contributed by atoms with van der Waals surface area (Å²) < 4.78 is 33.6. The van der Waals surface area contributed by atoms with Crippen LogP contribution < -0.4 is 5.32 Å². The summed E-state index contributed by atoms with van der Waals surface area (Å²) in [5.41, 5.74) is 0.599. The van der Waals surface area contributed by atoms with Crippen molar-refractivity contribution < 1.29 is 17.7 Å². The maximum absolute atomic E-state index is 13.4. The number of amides is 1. The van der Waals surface area contributed by atoms with Gasteiger partial charge in [0.1, 0.15) is 0 Å². The topological polar surface area (TPSA) is 118 Å². The third kappa shape index (κ3) is 4.19. The quantitative estimate of drug-likeness (QED) is 0.583. The van der Waals surface area contributed by atoms with Gasteiger partial charge in [0, 0.05) is 30.1 Å². The Morgan fingerprint density at radius 3 is 2.91 bits per heavy atom. The van der Waals surface area contributed by atoms with Gasteiger partial charge in [0.15, 0.2) is 0 Å². The van der Waals surface area contributed by atoms with Crippen LogP contribution in [0.2, 0.25) is 0 Å². The fraction of sp³-hybridized carbons (Fsp3) is 0.429. The molecule has 2 fully saturated rings. The minimum atomic E-state index is -3.75. The number of rotatable bonds is 6. The second-order valence-corrected chi connectivity index (χ2v) is 11.4. The van der Waals surface area contributed by atoms with E-state index >= 15 is 0 Å². The van der Waals surface area contributed by atoms with Crippen molar-refractivity contribution in [2.75, 3.05) is 18.4 Å². The highest BCUT2D eigenvalue weighted by Crippen LogP contribution is 2.41. The number of pyridine rings is 1. The monoisotopic (exact) mass is 473 g/mol. The van der Waals surface area contributed by atoms with Crippen LogP contribution >= 0.6 is 11.3 Å². The molecule has 4 heterocycles. The molecule has 32 heavy (non-hydrogen) atoms. The standard InChI is InChI=1S/C21H23N5O4S2/c1-13-18(10-17(31-13)19-24-21(30-25-19)14-6-7-14)32(28,29)26-9-3-4-15(12-26)20(27)23-16-5-2-8-22-11-16/h2,5,8,10-11,14-15H,3-4,6-7,9,12H2,1H3,(H,23,27)/t15-/m1/s1. The molecule has 0 bridgehead atoms. The van der Waals surface area contributed by atoms with Crippen molar-refractivity contribution in [1.82, 2.24) is 19.4 Å². The third-order valence-electron chi connectivity index (χ3n) is 5.76. The second-order valence-electron chi connectivity index (χ2n) is 8.19. The summed E-state index contributed by atoms with van der Waals surface area (Å²) in [5, 5.41) is 6.86. The summed E-state index contributed by atoms with van der Waals surface area (Å²) in [7, 11) is -3.75. The lowest BCUT2D eigenvalue weighted by Gasteiger charge is -2.31. The van der Waals surface area contributed by atoms with Gasteiger partial charge in [0.2, 0.25) is 27.6 Å². The fourth-order valence-electron chi connectivity index (χ4n) is 3.86. The molecule has 1 aliphatic carbocycles.